The van der Waals surface area contributed by atoms with Crippen LogP contribution in [0.5, 0.6) is 0 Å². The fourth-order valence-electron chi connectivity index (χ4n) is 1.45. The Morgan fingerprint density at radius 1 is 1.40 bits per heavy atom. The summed E-state index contributed by atoms with van der Waals surface area (Å²) in [6.07, 6.45) is 5.72. The SMILES string of the molecule is C=C(/C=C/c1ccccc1CC)CCO. The minimum atomic E-state index is 0.165. The molecule has 0 fully saturated rings. The maximum absolute atomic E-state index is 8.74. The van der Waals surface area contributed by atoms with Crippen molar-refractivity contribution in [2.24, 2.45) is 0 Å². The molecule has 1 nitrogen and oxygen atoms in total. The van der Waals surface area contributed by atoms with E-state index < -0.39 is 0 Å². The number of hydrogen-bond acceptors (Lipinski definition) is 1. The molecule has 0 amide bonds. The molecule has 0 atom stereocenters. The first kappa shape index (κ1) is 11.7. The van der Waals surface area contributed by atoms with Gasteiger partial charge in [-0.1, -0.05) is 55.5 Å². The van der Waals surface area contributed by atoms with Crippen LogP contribution in [-0.4, -0.2) is 11.7 Å². The van der Waals surface area contributed by atoms with Gasteiger partial charge in [-0.3, -0.25) is 0 Å². The number of aliphatic hydroxyl groups excluding tert-OH is 1. The molecule has 0 spiro atoms. The molecule has 0 aromatic heterocycles. The minimum Gasteiger partial charge on any atom is -0.396 e. The molecule has 0 unspecified atom stereocenters. The quantitative estimate of drug-likeness (QED) is 0.727. The van der Waals surface area contributed by atoms with Crippen molar-refractivity contribution in [2.45, 2.75) is 19.8 Å². The zero-order chi connectivity index (χ0) is 11.1. The molecule has 0 saturated heterocycles. The van der Waals surface area contributed by atoms with Gasteiger partial charge in [0, 0.05) is 6.61 Å². The standard InChI is InChI=1S/C14H18O/c1-3-13-6-4-5-7-14(13)9-8-12(2)10-11-15/h4-9,15H,2-3,10-11H2,1H3/b9-8+. The first-order valence-electron chi connectivity index (χ1n) is 5.32. The summed E-state index contributed by atoms with van der Waals surface area (Å²) in [5, 5.41) is 8.74. The van der Waals surface area contributed by atoms with Crippen molar-refractivity contribution in [1.82, 2.24) is 0 Å². The smallest absolute Gasteiger partial charge is 0.0471 e. The largest absolute Gasteiger partial charge is 0.396 e. The summed E-state index contributed by atoms with van der Waals surface area (Å²) in [6.45, 7) is 6.18. The Hall–Kier alpha value is -1.34. The fourth-order valence-corrected chi connectivity index (χ4v) is 1.45. The van der Waals surface area contributed by atoms with Crippen molar-refractivity contribution in [3.63, 3.8) is 0 Å². The highest BCUT2D eigenvalue weighted by atomic mass is 16.2. The molecule has 0 bridgehead atoms. The molecule has 0 radical (unpaired) electrons. The van der Waals surface area contributed by atoms with Crippen molar-refractivity contribution in [3.8, 4) is 0 Å². The van der Waals surface area contributed by atoms with E-state index >= 15 is 0 Å². The lowest BCUT2D eigenvalue weighted by molar-refractivity contribution is 0.300. The van der Waals surface area contributed by atoms with E-state index in [-0.39, 0.29) is 6.61 Å². The Balaban J connectivity index is 2.75. The van der Waals surface area contributed by atoms with Crippen LogP contribution in [0.2, 0.25) is 0 Å². The summed E-state index contributed by atoms with van der Waals surface area (Å²) in [5.74, 6) is 0. The lowest BCUT2D eigenvalue weighted by Gasteiger charge is -2.02. The van der Waals surface area contributed by atoms with Gasteiger partial charge in [0.2, 0.25) is 0 Å². The van der Waals surface area contributed by atoms with Crippen LogP contribution in [0.4, 0.5) is 0 Å². The van der Waals surface area contributed by atoms with Gasteiger partial charge >= 0.3 is 0 Å². The average molecular weight is 202 g/mol. The van der Waals surface area contributed by atoms with Crippen LogP contribution < -0.4 is 0 Å². The molecular formula is C14H18O. The summed E-state index contributed by atoms with van der Waals surface area (Å²) in [6, 6.07) is 8.32. The molecule has 1 aromatic rings. The molecular weight excluding hydrogens is 184 g/mol. The van der Waals surface area contributed by atoms with E-state index in [9.17, 15) is 0 Å². The molecule has 1 rings (SSSR count). The van der Waals surface area contributed by atoms with Gasteiger partial charge in [0.15, 0.2) is 0 Å². The normalized spacial score (nSPS) is 10.8. The number of hydrogen-bond donors (Lipinski definition) is 1. The Bertz CT molecular complexity index is 350. The van der Waals surface area contributed by atoms with Crippen molar-refractivity contribution in [2.75, 3.05) is 6.61 Å². The molecule has 80 valence electrons. The summed E-state index contributed by atoms with van der Waals surface area (Å²) in [5.41, 5.74) is 3.54. The second-order valence-electron chi connectivity index (χ2n) is 3.52. The Morgan fingerprint density at radius 2 is 2.13 bits per heavy atom. The third-order valence-electron chi connectivity index (χ3n) is 2.37. The van der Waals surface area contributed by atoms with Crippen LogP contribution >= 0.6 is 0 Å². The van der Waals surface area contributed by atoms with Crippen LogP contribution in [0.25, 0.3) is 6.08 Å². The third-order valence-corrected chi connectivity index (χ3v) is 2.37. The minimum absolute atomic E-state index is 0.165. The van der Waals surface area contributed by atoms with E-state index in [0.717, 1.165) is 12.0 Å². The molecule has 0 aliphatic carbocycles. The number of aliphatic hydroxyl groups is 1. The topological polar surface area (TPSA) is 20.2 Å². The highest BCUT2D eigenvalue weighted by Crippen LogP contribution is 2.12. The number of aryl methyl sites for hydroxylation is 1. The van der Waals surface area contributed by atoms with E-state index in [4.69, 9.17) is 5.11 Å². The van der Waals surface area contributed by atoms with Crippen LogP contribution in [0.3, 0.4) is 0 Å². The average Bonchev–Trinajstić information content (AvgIpc) is 2.27. The summed E-state index contributed by atoms with van der Waals surface area (Å²) in [4.78, 5) is 0. The van der Waals surface area contributed by atoms with Gasteiger partial charge in [0.1, 0.15) is 0 Å². The van der Waals surface area contributed by atoms with Gasteiger partial charge in [-0.2, -0.15) is 0 Å². The highest BCUT2D eigenvalue weighted by molar-refractivity contribution is 5.56. The fraction of sp³-hybridized carbons (Fsp3) is 0.286. The molecule has 1 heteroatoms. The molecule has 0 aliphatic rings. The van der Waals surface area contributed by atoms with Crippen LogP contribution in [0.1, 0.15) is 24.5 Å². The summed E-state index contributed by atoms with van der Waals surface area (Å²) < 4.78 is 0. The van der Waals surface area contributed by atoms with Gasteiger partial charge in [0.05, 0.1) is 0 Å². The molecule has 0 heterocycles. The van der Waals surface area contributed by atoms with Crippen molar-refractivity contribution >= 4 is 6.08 Å². The van der Waals surface area contributed by atoms with Crippen LogP contribution in [0.15, 0.2) is 42.5 Å². The summed E-state index contributed by atoms with van der Waals surface area (Å²) in [7, 11) is 0. The molecule has 0 saturated carbocycles. The van der Waals surface area contributed by atoms with E-state index in [0.29, 0.717) is 6.42 Å². The lowest BCUT2D eigenvalue weighted by Crippen LogP contribution is -1.86. The Morgan fingerprint density at radius 3 is 2.80 bits per heavy atom. The number of allylic oxidation sites excluding steroid dienone is 1. The van der Waals surface area contributed by atoms with E-state index in [2.05, 4.69) is 37.8 Å². The molecule has 1 N–H and O–H groups in total. The summed E-state index contributed by atoms with van der Waals surface area (Å²) >= 11 is 0. The zero-order valence-electron chi connectivity index (χ0n) is 9.24. The second-order valence-corrected chi connectivity index (χ2v) is 3.52. The van der Waals surface area contributed by atoms with Gasteiger partial charge in [-0.15, -0.1) is 0 Å². The lowest BCUT2D eigenvalue weighted by atomic mass is 10.0. The first-order chi connectivity index (χ1) is 7.27. The van der Waals surface area contributed by atoms with Crippen molar-refractivity contribution in [3.05, 3.63) is 53.6 Å². The van der Waals surface area contributed by atoms with Crippen LogP contribution in [0, 0.1) is 0 Å². The van der Waals surface area contributed by atoms with Crippen molar-refractivity contribution < 1.29 is 5.11 Å². The zero-order valence-corrected chi connectivity index (χ0v) is 9.24. The van der Waals surface area contributed by atoms with E-state index in [1.807, 2.05) is 12.1 Å². The predicted molar refractivity (Wildman–Crippen MR) is 65.7 cm³/mol. The maximum atomic E-state index is 8.74. The second kappa shape index (κ2) is 6.20. The van der Waals surface area contributed by atoms with E-state index in [1.54, 1.807) is 0 Å². The maximum Gasteiger partial charge on any atom is 0.0471 e. The monoisotopic (exact) mass is 202 g/mol. The number of benzene rings is 1. The van der Waals surface area contributed by atoms with Crippen LogP contribution in [-0.2, 0) is 6.42 Å². The predicted octanol–water partition coefficient (Wildman–Crippen LogP) is 3.20. The van der Waals surface area contributed by atoms with Gasteiger partial charge in [-0.05, 0) is 24.0 Å². The third kappa shape index (κ3) is 3.72. The molecule has 15 heavy (non-hydrogen) atoms. The van der Waals surface area contributed by atoms with Gasteiger partial charge in [-0.25, -0.2) is 0 Å². The van der Waals surface area contributed by atoms with Crippen molar-refractivity contribution in [1.29, 1.82) is 0 Å². The number of rotatable bonds is 5. The Kier molecular flexibility index (Phi) is 4.85. The molecule has 1 aromatic carbocycles. The Labute approximate surface area is 91.8 Å². The van der Waals surface area contributed by atoms with Gasteiger partial charge < -0.3 is 5.11 Å². The first-order valence-corrected chi connectivity index (χ1v) is 5.32. The van der Waals surface area contributed by atoms with Gasteiger partial charge in [0.25, 0.3) is 0 Å². The molecule has 0 aliphatic heterocycles. The van der Waals surface area contributed by atoms with E-state index in [1.165, 1.54) is 11.1 Å². The highest BCUT2D eigenvalue weighted by Gasteiger charge is 1.94.